The third kappa shape index (κ3) is 5.11. The molecule has 4 heteroatoms. The quantitative estimate of drug-likeness (QED) is 0.802. The highest BCUT2D eigenvalue weighted by atomic mass is 16.3. The predicted octanol–water partition coefficient (Wildman–Crippen LogP) is 1.92. The smallest absolute Gasteiger partial charge is 0.237 e. The Morgan fingerprint density at radius 3 is 2.53 bits per heavy atom. The Kier molecular flexibility index (Phi) is 6.27. The van der Waals surface area contributed by atoms with Gasteiger partial charge in [0, 0.05) is 12.6 Å². The first-order chi connectivity index (χ1) is 8.89. The van der Waals surface area contributed by atoms with E-state index in [-0.39, 0.29) is 18.0 Å². The average Bonchev–Trinajstić information content (AvgIpc) is 2.55. The molecular formula is C15H30N2O2. The maximum Gasteiger partial charge on any atom is 0.237 e. The van der Waals surface area contributed by atoms with Crippen molar-refractivity contribution < 1.29 is 9.90 Å². The summed E-state index contributed by atoms with van der Waals surface area (Å²) in [6.07, 6.45) is 4.48. The van der Waals surface area contributed by atoms with Gasteiger partial charge >= 0.3 is 0 Å². The van der Waals surface area contributed by atoms with Crippen LogP contribution in [0, 0.1) is 0 Å². The van der Waals surface area contributed by atoms with Crippen LogP contribution in [-0.4, -0.2) is 46.7 Å². The molecule has 2 N–H and O–H groups in total. The molecular weight excluding hydrogens is 240 g/mol. The number of carbonyl (C=O) groups is 1. The second kappa shape index (κ2) is 7.25. The first-order valence-electron chi connectivity index (χ1n) is 7.66. The Balaban J connectivity index is 2.52. The Morgan fingerprint density at radius 2 is 1.95 bits per heavy atom. The number of nitrogens with one attached hydrogen (secondary N) is 1. The summed E-state index contributed by atoms with van der Waals surface area (Å²) in [5.41, 5.74) is -0.569. The molecule has 112 valence electrons. The fraction of sp³-hybridized carbons (Fsp3) is 0.933. The highest BCUT2D eigenvalue weighted by Crippen LogP contribution is 2.22. The first kappa shape index (κ1) is 16.4. The van der Waals surface area contributed by atoms with Crippen molar-refractivity contribution in [1.29, 1.82) is 0 Å². The monoisotopic (exact) mass is 270 g/mol. The number of carbonyl (C=O) groups excluding carboxylic acids is 1. The molecule has 1 fully saturated rings. The van der Waals surface area contributed by atoms with E-state index < -0.39 is 5.60 Å². The first-order valence-corrected chi connectivity index (χ1v) is 7.66. The van der Waals surface area contributed by atoms with Crippen LogP contribution in [0.3, 0.4) is 0 Å². The molecule has 0 spiro atoms. The van der Waals surface area contributed by atoms with Gasteiger partial charge in [0.25, 0.3) is 0 Å². The summed E-state index contributed by atoms with van der Waals surface area (Å²) in [6, 6.07) is 0.180. The Labute approximate surface area is 117 Å². The topological polar surface area (TPSA) is 52.6 Å². The van der Waals surface area contributed by atoms with E-state index in [0.29, 0.717) is 0 Å². The van der Waals surface area contributed by atoms with Gasteiger partial charge in [-0.1, -0.05) is 13.8 Å². The van der Waals surface area contributed by atoms with Gasteiger partial charge in [0.2, 0.25) is 5.91 Å². The van der Waals surface area contributed by atoms with Crippen LogP contribution in [0.5, 0.6) is 0 Å². The number of likely N-dealkylation sites (tertiary alicyclic amines) is 1. The van der Waals surface area contributed by atoms with Crippen LogP contribution >= 0.6 is 0 Å². The molecule has 1 rings (SSSR count). The van der Waals surface area contributed by atoms with E-state index in [1.54, 1.807) is 0 Å². The van der Waals surface area contributed by atoms with Crippen molar-refractivity contribution in [2.45, 2.75) is 77.5 Å². The summed E-state index contributed by atoms with van der Waals surface area (Å²) >= 11 is 0. The SMILES string of the molecule is CCC(CC)NC(=O)C(C)N1CCCC(C)(O)CC1. The van der Waals surface area contributed by atoms with Crippen molar-refractivity contribution in [3.63, 3.8) is 0 Å². The summed E-state index contributed by atoms with van der Waals surface area (Å²) in [5.74, 6) is 0.121. The lowest BCUT2D eigenvalue weighted by Gasteiger charge is -2.28. The van der Waals surface area contributed by atoms with Crippen molar-refractivity contribution in [3.05, 3.63) is 0 Å². The van der Waals surface area contributed by atoms with Crippen molar-refractivity contribution in [2.75, 3.05) is 13.1 Å². The van der Waals surface area contributed by atoms with E-state index in [1.165, 1.54) is 0 Å². The van der Waals surface area contributed by atoms with E-state index in [4.69, 9.17) is 0 Å². The number of nitrogens with zero attached hydrogens (tertiary/aromatic N) is 1. The van der Waals surface area contributed by atoms with E-state index in [2.05, 4.69) is 24.1 Å². The van der Waals surface area contributed by atoms with Gasteiger partial charge in [-0.2, -0.15) is 0 Å². The molecule has 0 saturated carbocycles. The lowest BCUT2D eigenvalue weighted by molar-refractivity contribution is -0.126. The van der Waals surface area contributed by atoms with Crippen molar-refractivity contribution in [2.24, 2.45) is 0 Å². The highest BCUT2D eigenvalue weighted by molar-refractivity contribution is 5.81. The Morgan fingerprint density at radius 1 is 1.32 bits per heavy atom. The van der Waals surface area contributed by atoms with Crippen LogP contribution in [0.4, 0.5) is 0 Å². The third-order valence-electron chi connectivity index (χ3n) is 4.36. The van der Waals surface area contributed by atoms with E-state index in [0.717, 1.165) is 45.2 Å². The molecule has 0 aromatic rings. The van der Waals surface area contributed by atoms with Gasteiger partial charge in [-0.05, 0) is 52.5 Å². The largest absolute Gasteiger partial charge is 0.390 e. The molecule has 1 aliphatic heterocycles. The zero-order valence-electron chi connectivity index (χ0n) is 12.9. The van der Waals surface area contributed by atoms with Gasteiger partial charge in [0.15, 0.2) is 0 Å². The summed E-state index contributed by atoms with van der Waals surface area (Å²) < 4.78 is 0. The molecule has 1 amide bonds. The van der Waals surface area contributed by atoms with E-state index in [9.17, 15) is 9.90 Å². The summed E-state index contributed by atoms with van der Waals surface area (Å²) in [4.78, 5) is 14.4. The van der Waals surface area contributed by atoms with Gasteiger partial charge < -0.3 is 10.4 Å². The molecule has 2 atom stereocenters. The van der Waals surface area contributed by atoms with Crippen molar-refractivity contribution >= 4 is 5.91 Å². The summed E-state index contributed by atoms with van der Waals surface area (Å²) in [7, 11) is 0. The fourth-order valence-corrected chi connectivity index (χ4v) is 2.65. The van der Waals surface area contributed by atoms with E-state index in [1.807, 2.05) is 13.8 Å². The standard InChI is InChI=1S/C15H30N2O2/c1-5-13(6-2)16-14(18)12(3)17-10-7-8-15(4,19)9-11-17/h12-13,19H,5-11H2,1-4H3,(H,16,18). The number of aliphatic hydroxyl groups is 1. The van der Waals surface area contributed by atoms with Crippen LogP contribution in [0.2, 0.25) is 0 Å². The molecule has 19 heavy (non-hydrogen) atoms. The van der Waals surface area contributed by atoms with Crippen LogP contribution in [0.1, 0.15) is 59.8 Å². The Bertz CT molecular complexity index is 288. The summed E-state index contributed by atoms with van der Waals surface area (Å²) in [6.45, 7) is 9.76. The second-order valence-electron chi connectivity index (χ2n) is 6.08. The lowest BCUT2D eigenvalue weighted by Crippen LogP contribution is -2.48. The number of hydrogen-bond donors (Lipinski definition) is 2. The average molecular weight is 270 g/mol. The number of hydrogen-bond acceptors (Lipinski definition) is 3. The zero-order valence-corrected chi connectivity index (χ0v) is 12.9. The van der Waals surface area contributed by atoms with Crippen LogP contribution < -0.4 is 5.32 Å². The van der Waals surface area contributed by atoms with Gasteiger partial charge in [-0.3, -0.25) is 9.69 Å². The van der Waals surface area contributed by atoms with Crippen molar-refractivity contribution in [1.82, 2.24) is 10.2 Å². The predicted molar refractivity (Wildman–Crippen MR) is 78.0 cm³/mol. The molecule has 1 saturated heterocycles. The molecule has 0 aromatic heterocycles. The Hall–Kier alpha value is -0.610. The molecule has 0 radical (unpaired) electrons. The van der Waals surface area contributed by atoms with Gasteiger partial charge in [0.1, 0.15) is 0 Å². The molecule has 0 aromatic carbocycles. The van der Waals surface area contributed by atoms with Gasteiger partial charge in [-0.15, -0.1) is 0 Å². The molecule has 0 aliphatic carbocycles. The minimum Gasteiger partial charge on any atom is -0.390 e. The minimum atomic E-state index is -0.569. The summed E-state index contributed by atoms with van der Waals surface area (Å²) in [5, 5.41) is 13.2. The normalized spacial score (nSPS) is 27.1. The molecule has 0 bridgehead atoms. The van der Waals surface area contributed by atoms with Crippen LogP contribution in [0.25, 0.3) is 0 Å². The lowest BCUT2D eigenvalue weighted by atomic mass is 9.98. The van der Waals surface area contributed by atoms with Crippen LogP contribution in [0.15, 0.2) is 0 Å². The maximum absolute atomic E-state index is 12.2. The number of rotatable bonds is 5. The van der Waals surface area contributed by atoms with Gasteiger partial charge in [0.05, 0.1) is 11.6 Å². The maximum atomic E-state index is 12.2. The molecule has 1 aliphatic rings. The van der Waals surface area contributed by atoms with Gasteiger partial charge in [-0.25, -0.2) is 0 Å². The van der Waals surface area contributed by atoms with E-state index >= 15 is 0 Å². The highest BCUT2D eigenvalue weighted by Gasteiger charge is 2.29. The molecule has 1 heterocycles. The van der Waals surface area contributed by atoms with Crippen molar-refractivity contribution in [3.8, 4) is 0 Å². The molecule has 2 unspecified atom stereocenters. The van der Waals surface area contributed by atoms with Crippen LogP contribution in [-0.2, 0) is 4.79 Å². The second-order valence-corrected chi connectivity index (χ2v) is 6.08. The minimum absolute atomic E-state index is 0.102. The molecule has 4 nitrogen and oxygen atoms in total. The zero-order chi connectivity index (χ0) is 14.5. The number of amides is 1. The third-order valence-corrected chi connectivity index (χ3v) is 4.36. The fourth-order valence-electron chi connectivity index (χ4n) is 2.65.